The summed E-state index contributed by atoms with van der Waals surface area (Å²) in [5.41, 5.74) is 19.1. The summed E-state index contributed by atoms with van der Waals surface area (Å²) in [6.07, 6.45) is 31.0. The first kappa shape index (κ1) is 26.0. The Morgan fingerprint density at radius 1 is 0.850 bits per heavy atom. The summed E-state index contributed by atoms with van der Waals surface area (Å²) in [7, 11) is 0. The van der Waals surface area contributed by atoms with E-state index in [-0.39, 0.29) is 0 Å². The molecular weight excluding hydrogens is 484 g/mol. The van der Waals surface area contributed by atoms with Crippen molar-refractivity contribution in [3.05, 3.63) is 155 Å². The van der Waals surface area contributed by atoms with Crippen LogP contribution in [0.4, 0.5) is 0 Å². The minimum atomic E-state index is 0.369. The molecule has 4 aliphatic rings. The second-order valence-corrected chi connectivity index (χ2v) is 10.9. The van der Waals surface area contributed by atoms with Crippen LogP contribution >= 0.6 is 0 Å². The highest BCUT2D eigenvalue weighted by molar-refractivity contribution is 5.83. The lowest BCUT2D eigenvalue weighted by Gasteiger charge is -2.33. The molecule has 0 radical (unpaired) electrons. The number of fused-ring (bicyclic) bond motifs is 1. The predicted octanol–water partition coefficient (Wildman–Crippen LogP) is 8.77. The highest BCUT2D eigenvalue weighted by Gasteiger charge is 2.30. The van der Waals surface area contributed by atoms with E-state index >= 15 is 0 Å². The van der Waals surface area contributed by atoms with Gasteiger partial charge in [-0.2, -0.15) is 0 Å². The Bertz CT molecular complexity index is 1560. The second kappa shape index (κ2) is 11.8. The highest BCUT2D eigenvalue weighted by atomic mass is 14.8. The first-order chi connectivity index (χ1) is 19.7. The molecule has 2 aromatic rings. The van der Waals surface area contributed by atoms with Gasteiger partial charge in [-0.15, -0.1) is 0 Å². The van der Waals surface area contributed by atoms with Crippen molar-refractivity contribution in [2.24, 2.45) is 17.6 Å². The second-order valence-electron chi connectivity index (χ2n) is 10.9. The molecule has 0 bridgehead atoms. The molecule has 3 N–H and O–H groups in total. The van der Waals surface area contributed by atoms with Crippen LogP contribution in [0, 0.1) is 11.8 Å². The van der Waals surface area contributed by atoms with Crippen LogP contribution < -0.4 is 11.1 Å². The zero-order valence-electron chi connectivity index (χ0n) is 23.3. The number of nitrogens with two attached hydrogens (primary N) is 1. The van der Waals surface area contributed by atoms with Crippen molar-refractivity contribution in [1.29, 1.82) is 0 Å². The molecule has 1 aliphatic heterocycles. The van der Waals surface area contributed by atoms with Crippen LogP contribution in [0.1, 0.15) is 54.9 Å². The molecule has 0 saturated heterocycles. The van der Waals surface area contributed by atoms with Crippen molar-refractivity contribution in [1.82, 2.24) is 5.32 Å². The number of rotatable bonds is 6. The lowest BCUT2D eigenvalue weighted by molar-refractivity contribution is 0.587. The SMILES string of the molecule is C/C=C(\C=C/N)c1cccc(C2=CC=C(C3C=CC(c4cccc(C5=CNCCC5)c4)=C4C=CC=CC43)CC2)c1. The zero-order chi connectivity index (χ0) is 27.3. The summed E-state index contributed by atoms with van der Waals surface area (Å²) in [6.45, 7) is 3.13. The Morgan fingerprint density at radius 3 is 2.48 bits per heavy atom. The summed E-state index contributed by atoms with van der Waals surface area (Å²) in [5.74, 6) is 0.760. The molecule has 2 unspecified atom stereocenters. The van der Waals surface area contributed by atoms with Crippen LogP contribution in [0.3, 0.4) is 0 Å². The Balaban J connectivity index is 1.27. The molecule has 40 heavy (non-hydrogen) atoms. The van der Waals surface area contributed by atoms with Gasteiger partial charge in [0.1, 0.15) is 0 Å². The van der Waals surface area contributed by atoms with Gasteiger partial charge < -0.3 is 11.1 Å². The molecule has 0 aromatic heterocycles. The largest absolute Gasteiger partial charge is 0.405 e. The molecule has 3 aliphatic carbocycles. The van der Waals surface area contributed by atoms with Crippen LogP contribution in [-0.2, 0) is 0 Å². The van der Waals surface area contributed by atoms with E-state index in [2.05, 4.69) is 122 Å². The monoisotopic (exact) mass is 522 g/mol. The van der Waals surface area contributed by atoms with E-state index in [0.717, 1.165) is 31.4 Å². The summed E-state index contributed by atoms with van der Waals surface area (Å²) in [5, 5.41) is 3.42. The molecule has 0 amide bonds. The fraction of sp³-hybridized carbons (Fsp3) is 0.211. The number of hydrogen-bond donors (Lipinski definition) is 2. The highest BCUT2D eigenvalue weighted by Crippen LogP contribution is 2.44. The Morgan fingerprint density at radius 2 is 1.70 bits per heavy atom. The van der Waals surface area contributed by atoms with Gasteiger partial charge in [-0.25, -0.2) is 0 Å². The molecule has 0 saturated carbocycles. The molecule has 2 aromatic carbocycles. The fourth-order valence-electron chi connectivity index (χ4n) is 6.47. The van der Waals surface area contributed by atoms with Crippen molar-refractivity contribution >= 4 is 22.3 Å². The third-order valence-corrected chi connectivity index (χ3v) is 8.58. The average Bonchev–Trinajstić information content (AvgIpc) is 3.04. The number of hydrogen-bond acceptors (Lipinski definition) is 2. The van der Waals surface area contributed by atoms with Gasteiger partial charge in [-0.3, -0.25) is 0 Å². The lowest BCUT2D eigenvalue weighted by atomic mass is 9.71. The van der Waals surface area contributed by atoms with Crippen molar-refractivity contribution in [2.45, 2.75) is 32.6 Å². The first-order valence-corrected chi connectivity index (χ1v) is 14.6. The van der Waals surface area contributed by atoms with E-state index in [9.17, 15) is 0 Å². The number of benzene rings is 2. The molecule has 0 fully saturated rings. The quantitative estimate of drug-likeness (QED) is 0.372. The van der Waals surface area contributed by atoms with E-state index in [1.165, 1.54) is 56.5 Å². The molecule has 2 heteroatoms. The molecular formula is C38H38N2. The summed E-state index contributed by atoms with van der Waals surface area (Å²) >= 11 is 0. The van der Waals surface area contributed by atoms with Gasteiger partial charge in [-0.1, -0.05) is 96.7 Å². The standard InChI is InChI=1S/C38H38N2/c1-2-27(21-22-39)30-8-5-9-31(24-30)28-15-17-29(18-16-28)35-19-20-36(38-14-4-3-13-37(35)38)33-11-6-10-32(25-33)34-12-7-23-40-26-34/h2-6,8-11,13-15,17,19-22,24-26,35,37,40H,7,12,16,18,23,39H2,1H3/b22-21-,27-2+. The first-order valence-electron chi connectivity index (χ1n) is 14.6. The lowest BCUT2D eigenvalue weighted by Crippen LogP contribution is -2.21. The van der Waals surface area contributed by atoms with Gasteiger partial charge in [-0.05, 0) is 107 Å². The minimum Gasteiger partial charge on any atom is -0.405 e. The zero-order valence-corrected chi connectivity index (χ0v) is 23.3. The van der Waals surface area contributed by atoms with Crippen LogP contribution in [0.15, 0.2) is 133 Å². The average molecular weight is 523 g/mol. The van der Waals surface area contributed by atoms with E-state index in [1.54, 1.807) is 6.20 Å². The van der Waals surface area contributed by atoms with Gasteiger partial charge in [0.15, 0.2) is 0 Å². The third-order valence-electron chi connectivity index (χ3n) is 8.58. The fourth-order valence-corrected chi connectivity index (χ4v) is 6.47. The maximum absolute atomic E-state index is 5.67. The molecule has 0 spiro atoms. The predicted molar refractivity (Wildman–Crippen MR) is 172 cm³/mol. The van der Waals surface area contributed by atoms with Gasteiger partial charge in [0.25, 0.3) is 0 Å². The molecule has 2 atom stereocenters. The van der Waals surface area contributed by atoms with E-state index in [1.807, 2.05) is 6.08 Å². The summed E-state index contributed by atoms with van der Waals surface area (Å²) in [4.78, 5) is 0. The van der Waals surface area contributed by atoms with E-state index in [4.69, 9.17) is 5.73 Å². The maximum Gasteiger partial charge on any atom is 0.0144 e. The van der Waals surface area contributed by atoms with Crippen molar-refractivity contribution in [2.75, 3.05) is 6.54 Å². The minimum absolute atomic E-state index is 0.369. The van der Waals surface area contributed by atoms with Gasteiger partial charge >= 0.3 is 0 Å². The van der Waals surface area contributed by atoms with Crippen LogP contribution in [0.25, 0.3) is 22.3 Å². The topological polar surface area (TPSA) is 38.0 Å². The molecule has 2 nitrogen and oxygen atoms in total. The van der Waals surface area contributed by atoms with E-state index < -0.39 is 0 Å². The number of nitrogens with one attached hydrogen (secondary N) is 1. The van der Waals surface area contributed by atoms with Crippen molar-refractivity contribution in [3.63, 3.8) is 0 Å². The summed E-state index contributed by atoms with van der Waals surface area (Å²) < 4.78 is 0. The molecule has 200 valence electrons. The third kappa shape index (κ3) is 5.27. The van der Waals surface area contributed by atoms with Crippen LogP contribution in [0.5, 0.6) is 0 Å². The smallest absolute Gasteiger partial charge is 0.0144 e. The van der Waals surface area contributed by atoms with Gasteiger partial charge in [0, 0.05) is 24.6 Å². The van der Waals surface area contributed by atoms with Crippen molar-refractivity contribution in [3.8, 4) is 0 Å². The Kier molecular flexibility index (Phi) is 7.68. The molecule has 1 heterocycles. The van der Waals surface area contributed by atoms with E-state index in [0.29, 0.717) is 11.8 Å². The molecule has 6 rings (SSSR count). The normalized spacial score (nSPS) is 22.5. The van der Waals surface area contributed by atoms with Crippen LogP contribution in [0.2, 0.25) is 0 Å². The van der Waals surface area contributed by atoms with Crippen LogP contribution in [-0.4, -0.2) is 6.54 Å². The van der Waals surface area contributed by atoms with Gasteiger partial charge in [0.05, 0.1) is 0 Å². The maximum atomic E-state index is 5.67. The number of allylic oxidation sites excluding steroid dienone is 16. The Hall–Kier alpha value is -4.30. The van der Waals surface area contributed by atoms with Crippen molar-refractivity contribution < 1.29 is 0 Å². The summed E-state index contributed by atoms with van der Waals surface area (Å²) in [6, 6.07) is 17.9. The Labute approximate surface area is 239 Å². The van der Waals surface area contributed by atoms with Gasteiger partial charge in [0.2, 0.25) is 0 Å².